The number of rotatable bonds is 9. The predicted octanol–water partition coefficient (Wildman–Crippen LogP) is 6.53. The van der Waals surface area contributed by atoms with Gasteiger partial charge in [0.2, 0.25) is 0 Å². The molecule has 1 aliphatic carbocycles. The van der Waals surface area contributed by atoms with Crippen molar-refractivity contribution in [2.45, 2.75) is 64.2 Å². The van der Waals surface area contributed by atoms with E-state index in [-0.39, 0.29) is 11.7 Å². The summed E-state index contributed by atoms with van der Waals surface area (Å²) in [7, 11) is 0. The molecule has 0 aromatic heterocycles. The molecule has 0 spiro atoms. The maximum absolute atomic E-state index is 12.6. The van der Waals surface area contributed by atoms with E-state index in [1.54, 1.807) is 6.92 Å². The van der Waals surface area contributed by atoms with Crippen molar-refractivity contribution >= 4 is 11.7 Å². The number of aryl methyl sites for hydroxylation is 1. The number of likely N-dealkylation sites (tertiary alicyclic amines) is 1. The zero-order chi connectivity index (χ0) is 27.2. The normalized spacial score (nSPS) is 16.0. The fourth-order valence-corrected chi connectivity index (χ4v) is 6.10. The van der Waals surface area contributed by atoms with E-state index in [2.05, 4.69) is 22.3 Å². The number of carbonyl (C=O) groups is 2. The number of aromatic hydroxyl groups is 1. The predicted molar refractivity (Wildman–Crippen MR) is 157 cm³/mol. The summed E-state index contributed by atoms with van der Waals surface area (Å²) in [5.41, 5.74) is 7.12. The summed E-state index contributed by atoms with van der Waals surface area (Å²) in [6.45, 7) is 5.42. The number of benzene rings is 3. The van der Waals surface area contributed by atoms with Crippen molar-refractivity contribution in [1.82, 2.24) is 10.2 Å². The molecule has 2 N–H and O–H groups in total. The van der Waals surface area contributed by atoms with Crippen molar-refractivity contribution in [2.24, 2.45) is 0 Å². The van der Waals surface area contributed by atoms with Crippen molar-refractivity contribution in [3.63, 3.8) is 0 Å². The summed E-state index contributed by atoms with van der Waals surface area (Å²) >= 11 is 0. The first-order chi connectivity index (χ1) is 19.0. The van der Waals surface area contributed by atoms with E-state index in [4.69, 9.17) is 0 Å². The summed E-state index contributed by atoms with van der Waals surface area (Å²) < 4.78 is 0. The standard InChI is InChI=1S/C34H40N2O3/c1-24(37)25-8-10-26(11-9-25)27-12-14-30(15-13-27)34(39)35-20-4-5-21-36-22-18-29(19-23-36)32-17-16-28-6-2-3-7-31(28)33(32)38/h8-17,29,38H,2-7,18-23H2,1H3,(H,35,39). The van der Waals surface area contributed by atoms with Crippen LogP contribution in [0.25, 0.3) is 11.1 Å². The van der Waals surface area contributed by atoms with Crippen LogP contribution in [-0.4, -0.2) is 47.9 Å². The zero-order valence-corrected chi connectivity index (χ0v) is 23.0. The number of ketones is 1. The molecule has 1 heterocycles. The number of hydrogen-bond acceptors (Lipinski definition) is 4. The van der Waals surface area contributed by atoms with Crippen LogP contribution in [0.2, 0.25) is 0 Å². The second-order valence-corrected chi connectivity index (χ2v) is 11.1. The second-order valence-electron chi connectivity index (χ2n) is 11.1. The lowest BCUT2D eigenvalue weighted by atomic mass is 9.83. The number of piperidine rings is 1. The molecule has 3 aromatic carbocycles. The molecule has 1 amide bonds. The molecule has 2 aliphatic rings. The Morgan fingerprint density at radius 3 is 2.15 bits per heavy atom. The van der Waals surface area contributed by atoms with E-state index >= 15 is 0 Å². The van der Waals surface area contributed by atoms with E-state index in [0.29, 0.717) is 29.3 Å². The van der Waals surface area contributed by atoms with Gasteiger partial charge in [-0.2, -0.15) is 0 Å². The maximum atomic E-state index is 12.6. The molecule has 0 radical (unpaired) electrons. The summed E-state index contributed by atoms with van der Waals surface area (Å²) in [5, 5.41) is 14.0. The molecule has 1 aliphatic heterocycles. The van der Waals surface area contributed by atoms with Crippen LogP contribution in [0, 0.1) is 0 Å². The Balaban J connectivity index is 1.01. The van der Waals surface area contributed by atoms with E-state index in [1.807, 2.05) is 48.5 Å². The van der Waals surface area contributed by atoms with Gasteiger partial charge in [-0.05, 0) is 124 Å². The Morgan fingerprint density at radius 2 is 1.49 bits per heavy atom. The van der Waals surface area contributed by atoms with Gasteiger partial charge in [-0.25, -0.2) is 0 Å². The van der Waals surface area contributed by atoms with Gasteiger partial charge in [0, 0.05) is 17.7 Å². The van der Waals surface area contributed by atoms with Crippen LogP contribution in [0.15, 0.2) is 60.7 Å². The summed E-state index contributed by atoms with van der Waals surface area (Å²) in [4.78, 5) is 26.6. The van der Waals surface area contributed by atoms with Crippen molar-refractivity contribution in [1.29, 1.82) is 0 Å². The number of amides is 1. The highest BCUT2D eigenvalue weighted by Gasteiger charge is 2.25. The minimum absolute atomic E-state index is 0.0425. The molecule has 5 heteroatoms. The Labute approximate surface area is 232 Å². The Hall–Kier alpha value is -3.44. The molecular weight excluding hydrogens is 484 g/mol. The summed E-state index contributed by atoms with van der Waals surface area (Å²) in [6.07, 6.45) is 8.76. The van der Waals surface area contributed by atoms with Crippen molar-refractivity contribution < 1.29 is 14.7 Å². The number of unbranched alkanes of at least 4 members (excludes halogenated alkanes) is 1. The lowest BCUT2D eigenvalue weighted by Gasteiger charge is -2.33. The quantitative estimate of drug-likeness (QED) is 0.247. The topological polar surface area (TPSA) is 69.6 Å². The molecule has 0 unspecified atom stereocenters. The fraction of sp³-hybridized carbons (Fsp3) is 0.412. The Bertz CT molecular complexity index is 1290. The lowest BCUT2D eigenvalue weighted by Crippen LogP contribution is -2.34. The molecule has 3 aromatic rings. The highest BCUT2D eigenvalue weighted by molar-refractivity contribution is 5.95. The molecule has 5 rings (SSSR count). The minimum atomic E-state index is -0.0425. The van der Waals surface area contributed by atoms with Gasteiger partial charge >= 0.3 is 0 Å². The van der Waals surface area contributed by atoms with Crippen LogP contribution in [-0.2, 0) is 12.8 Å². The monoisotopic (exact) mass is 524 g/mol. The van der Waals surface area contributed by atoms with E-state index in [0.717, 1.165) is 74.8 Å². The number of fused-ring (bicyclic) bond motifs is 1. The lowest BCUT2D eigenvalue weighted by molar-refractivity contribution is 0.0951. The average molecular weight is 525 g/mol. The number of nitrogens with one attached hydrogen (secondary N) is 1. The third-order valence-electron chi connectivity index (χ3n) is 8.52. The van der Waals surface area contributed by atoms with Crippen molar-refractivity contribution in [3.8, 4) is 16.9 Å². The SMILES string of the molecule is CC(=O)c1ccc(-c2ccc(C(=O)NCCCCN3CCC(c4ccc5c(c4O)CCCC5)CC3)cc2)cc1. The molecule has 5 nitrogen and oxygen atoms in total. The molecular formula is C34H40N2O3. The highest BCUT2D eigenvalue weighted by Crippen LogP contribution is 2.39. The minimum Gasteiger partial charge on any atom is -0.507 e. The van der Waals surface area contributed by atoms with Gasteiger partial charge in [0.05, 0.1) is 0 Å². The Morgan fingerprint density at radius 1 is 0.846 bits per heavy atom. The molecule has 0 saturated carbocycles. The second kappa shape index (κ2) is 12.6. The van der Waals surface area contributed by atoms with Gasteiger partial charge in [0.1, 0.15) is 5.75 Å². The van der Waals surface area contributed by atoms with Crippen LogP contribution in [0.4, 0.5) is 0 Å². The number of hydrogen-bond donors (Lipinski definition) is 2. The first kappa shape index (κ1) is 27.1. The fourth-order valence-electron chi connectivity index (χ4n) is 6.10. The molecule has 0 bridgehead atoms. The largest absolute Gasteiger partial charge is 0.507 e. The number of phenolic OH excluding ortho intramolecular Hbond substituents is 1. The molecule has 1 fully saturated rings. The van der Waals surface area contributed by atoms with Crippen molar-refractivity contribution in [2.75, 3.05) is 26.2 Å². The molecule has 204 valence electrons. The van der Waals surface area contributed by atoms with Crippen LogP contribution in [0.1, 0.15) is 88.8 Å². The van der Waals surface area contributed by atoms with Gasteiger partial charge in [-0.1, -0.05) is 48.5 Å². The van der Waals surface area contributed by atoms with Crippen LogP contribution in [0.3, 0.4) is 0 Å². The third-order valence-corrected chi connectivity index (χ3v) is 8.52. The molecule has 0 atom stereocenters. The van der Waals surface area contributed by atoms with E-state index in [1.165, 1.54) is 24.0 Å². The molecule has 39 heavy (non-hydrogen) atoms. The smallest absolute Gasteiger partial charge is 0.251 e. The third kappa shape index (κ3) is 6.59. The number of phenols is 1. The number of Topliss-reactive ketones (excluding diaryl/α,β-unsaturated/α-hetero) is 1. The summed E-state index contributed by atoms with van der Waals surface area (Å²) in [6, 6.07) is 19.6. The summed E-state index contributed by atoms with van der Waals surface area (Å²) in [5.74, 6) is 1.05. The zero-order valence-electron chi connectivity index (χ0n) is 23.0. The van der Waals surface area contributed by atoms with E-state index in [9.17, 15) is 14.7 Å². The van der Waals surface area contributed by atoms with Crippen LogP contribution >= 0.6 is 0 Å². The maximum Gasteiger partial charge on any atom is 0.251 e. The van der Waals surface area contributed by atoms with Gasteiger partial charge in [0.25, 0.3) is 5.91 Å². The van der Waals surface area contributed by atoms with Gasteiger partial charge in [-0.3, -0.25) is 9.59 Å². The first-order valence-electron chi connectivity index (χ1n) is 14.5. The number of nitrogens with zero attached hydrogens (tertiary/aromatic N) is 1. The van der Waals surface area contributed by atoms with E-state index < -0.39 is 0 Å². The van der Waals surface area contributed by atoms with Crippen molar-refractivity contribution in [3.05, 3.63) is 88.5 Å². The van der Waals surface area contributed by atoms with Gasteiger partial charge in [0.15, 0.2) is 5.78 Å². The number of carbonyl (C=O) groups excluding carboxylic acids is 2. The highest BCUT2D eigenvalue weighted by atomic mass is 16.3. The Kier molecular flexibility index (Phi) is 8.77. The van der Waals surface area contributed by atoms with Gasteiger partial charge in [-0.15, -0.1) is 0 Å². The van der Waals surface area contributed by atoms with Crippen LogP contribution < -0.4 is 5.32 Å². The van der Waals surface area contributed by atoms with Crippen LogP contribution in [0.5, 0.6) is 5.75 Å². The van der Waals surface area contributed by atoms with Gasteiger partial charge < -0.3 is 15.3 Å². The first-order valence-corrected chi connectivity index (χ1v) is 14.5. The molecule has 1 saturated heterocycles. The average Bonchev–Trinajstić information content (AvgIpc) is 2.98.